The van der Waals surface area contributed by atoms with Gasteiger partial charge < -0.3 is 0 Å². The van der Waals surface area contributed by atoms with Crippen molar-refractivity contribution in [2.45, 2.75) is 26.7 Å². The summed E-state index contributed by atoms with van der Waals surface area (Å²) < 4.78 is 19.7. The SMILES string of the molecule is CCCC1(C)CO[O][Ti](=[O])[O]OC1. The molecule has 0 saturated carbocycles. The molecule has 0 aromatic rings. The van der Waals surface area contributed by atoms with Crippen LogP contribution in [-0.4, -0.2) is 13.2 Å². The first-order chi connectivity index (χ1) is 6.16. The summed E-state index contributed by atoms with van der Waals surface area (Å²) in [4.78, 5) is 9.62. The second-order valence-corrected chi connectivity index (χ2v) is 4.80. The molecule has 1 saturated heterocycles. The second-order valence-electron chi connectivity index (χ2n) is 3.50. The van der Waals surface area contributed by atoms with Crippen molar-refractivity contribution >= 4 is 0 Å². The van der Waals surface area contributed by atoms with Crippen LogP contribution in [0.3, 0.4) is 0 Å². The topological polar surface area (TPSA) is 54.0 Å². The molecule has 5 nitrogen and oxygen atoms in total. The Bertz CT molecular complexity index is 172. The maximum atomic E-state index is 10.8. The molecule has 1 rings (SSSR count). The molecule has 0 amide bonds. The third kappa shape index (κ3) is 3.93. The van der Waals surface area contributed by atoms with Gasteiger partial charge in [0.1, 0.15) is 0 Å². The zero-order valence-electron chi connectivity index (χ0n) is 7.87. The van der Waals surface area contributed by atoms with Crippen molar-refractivity contribution in [2.75, 3.05) is 13.2 Å². The van der Waals surface area contributed by atoms with E-state index >= 15 is 0 Å². The summed E-state index contributed by atoms with van der Waals surface area (Å²) in [6, 6.07) is 0. The molecule has 0 spiro atoms. The van der Waals surface area contributed by atoms with Crippen molar-refractivity contribution in [1.29, 1.82) is 0 Å². The standard InChI is InChI=1S/C7H16O4.O.Ti/c1-3-4-7(2,5-10-8)6-11-9;;/h8-9H,3-6H2,1-2H3;;/q;;+2/p-2. The number of hydrogen-bond donors (Lipinski definition) is 0. The number of hydrogen-bond acceptors (Lipinski definition) is 5. The molecule has 6 heteroatoms. The molecule has 0 radical (unpaired) electrons. The van der Waals surface area contributed by atoms with Crippen LogP contribution in [0.5, 0.6) is 0 Å². The van der Waals surface area contributed by atoms with Gasteiger partial charge in [0.05, 0.1) is 0 Å². The van der Waals surface area contributed by atoms with E-state index in [2.05, 4.69) is 13.9 Å². The van der Waals surface area contributed by atoms with Gasteiger partial charge in [-0.05, 0) is 0 Å². The van der Waals surface area contributed by atoms with Crippen molar-refractivity contribution in [3.8, 4) is 0 Å². The van der Waals surface area contributed by atoms with Gasteiger partial charge in [0.25, 0.3) is 0 Å². The molecule has 0 atom stereocenters. The van der Waals surface area contributed by atoms with Crippen molar-refractivity contribution in [3.63, 3.8) is 0 Å². The average molecular weight is 226 g/mol. The molecule has 0 bridgehead atoms. The molecule has 0 N–H and O–H groups in total. The summed E-state index contributed by atoms with van der Waals surface area (Å²) in [7, 11) is 0. The van der Waals surface area contributed by atoms with Gasteiger partial charge in [0.2, 0.25) is 0 Å². The summed E-state index contributed by atoms with van der Waals surface area (Å²) in [5.74, 6) is 0. The molecule has 1 aliphatic heterocycles. The van der Waals surface area contributed by atoms with Crippen molar-refractivity contribution in [3.05, 3.63) is 0 Å². The minimum absolute atomic E-state index is 0.117. The van der Waals surface area contributed by atoms with Gasteiger partial charge in [0.15, 0.2) is 0 Å². The molecule has 76 valence electrons. The van der Waals surface area contributed by atoms with Gasteiger partial charge in [-0.25, -0.2) is 0 Å². The van der Waals surface area contributed by atoms with Gasteiger partial charge in [0, 0.05) is 0 Å². The second kappa shape index (κ2) is 5.29. The molecule has 0 aliphatic carbocycles. The maximum absolute atomic E-state index is 10.8. The Hall–Kier alpha value is 0.354. The van der Waals surface area contributed by atoms with E-state index in [9.17, 15) is 3.32 Å². The van der Waals surface area contributed by atoms with E-state index in [0.717, 1.165) is 12.8 Å². The minimum atomic E-state index is -3.19. The van der Waals surface area contributed by atoms with Crippen LogP contribution in [0.4, 0.5) is 0 Å². The fourth-order valence-electron chi connectivity index (χ4n) is 1.24. The van der Waals surface area contributed by atoms with E-state index in [0.29, 0.717) is 13.2 Å². The normalized spacial score (nSPS) is 23.7. The van der Waals surface area contributed by atoms with Gasteiger partial charge >= 0.3 is 84.0 Å². The molecule has 1 aliphatic rings. The van der Waals surface area contributed by atoms with E-state index in [1.54, 1.807) is 0 Å². The Balaban J connectivity index is 2.44. The molecule has 1 fully saturated rings. The van der Waals surface area contributed by atoms with Gasteiger partial charge in [-0.1, -0.05) is 0 Å². The van der Waals surface area contributed by atoms with Gasteiger partial charge in [-0.15, -0.1) is 0 Å². The van der Waals surface area contributed by atoms with Crippen LogP contribution >= 0.6 is 0 Å². The van der Waals surface area contributed by atoms with Crippen LogP contribution in [0.2, 0.25) is 0 Å². The van der Waals surface area contributed by atoms with E-state index < -0.39 is 18.6 Å². The van der Waals surface area contributed by atoms with E-state index in [1.165, 1.54) is 0 Å². The van der Waals surface area contributed by atoms with Crippen LogP contribution in [0.15, 0.2) is 0 Å². The Kier molecular flexibility index (Phi) is 4.65. The summed E-state index contributed by atoms with van der Waals surface area (Å²) in [6.07, 6.45) is 1.98. The molecule has 1 heterocycles. The summed E-state index contributed by atoms with van der Waals surface area (Å²) in [5.41, 5.74) is -0.117. The third-order valence-corrected chi connectivity index (χ3v) is 2.72. The fourth-order valence-corrected chi connectivity index (χ4v) is 1.77. The fraction of sp³-hybridized carbons (Fsp3) is 1.00. The molecular weight excluding hydrogens is 212 g/mol. The van der Waals surface area contributed by atoms with Crippen LogP contribution in [0.1, 0.15) is 26.7 Å². The summed E-state index contributed by atoms with van der Waals surface area (Å²) >= 11 is -3.19. The Morgan fingerprint density at radius 1 is 1.31 bits per heavy atom. The number of rotatable bonds is 2. The monoisotopic (exact) mass is 226 g/mol. The zero-order valence-corrected chi connectivity index (χ0v) is 9.43. The van der Waals surface area contributed by atoms with Crippen molar-refractivity contribution in [1.82, 2.24) is 0 Å². The van der Waals surface area contributed by atoms with Crippen LogP contribution in [0, 0.1) is 5.41 Å². The molecule has 13 heavy (non-hydrogen) atoms. The summed E-state index contributed by atoms with van der Waals surface area (Å²) in [6.45, 7) is 4.88. The van der Waals surface area contributed by atoms with Crippen LogP contribution in [0.25, 0.3) is 0 Å². The first-order valence-electron chi connectivity index (χ1n) is 4.29. The van der Waals surface area contributed by atoms with Gasteiger partial charge in [-0.3, -0.25) is 0 Å². The van der Waals surface area contributed by atoms with Crippen molar-refractivity contribution < 1.29 is 38.7 Å². The van der Waals surface area contributed by atoms with Crippen LogP contribution in [-0.2, 0) is 38.7 Å². The first kappa shape index (κ1) is 11.4. The van der Waals surface area contributed by atoms with Crippen molar-refractivity contribution in [2.24, 2.45) is 5.41 Å². The Morgan fingerprint density at radius 3 is 2.31 bits per heavy atom. The van der Waals surface area contributed by atoms with Crippen LogP contribution < -0.4 is 0 Å². The zero-order chi connectivity index (χ0) is 9.73. The summed E-state index contributed by atoms with van der Waals surface area (Å²) in [5, 5.41) is 0. The molecular formula is C7H14O5Ti. The van der Waals surface area contributed by atoms with E-state index in [1.807, 2.05) is 6.92 Å². The van der Waals surface area contributed by atoms with E-state index in [-0.39, 0.29) is 5.41 Å². The molecule has 0 aromatic carbocycles. The molecule has 0 unspecified atom stereocenters. The third-order valence-electron chi connectivity index (χ3n) is 1.92. The first-order valence-corrected chi connectivity index (χ1v) is 6.20. The Morgan fingerprint density at radius 2 is 1.85 bits per heavy atom. The van der Waals surface area contributed by atoms with E-state index in [4.69, 9.17) is 9.78 Å². The quantitative estimate of drug-likeness (QED) is 0.527. The predicted octanol–water partition coefficient (Wildman–Crippen LogP) is 1.50. The predicted molar refractivity (Wildman–Crippen MR) is 37.8 cm³/mol. The van der Waals surface area contributed by atoms with Gasteiger partial charge in [-0.2, -0.15) is 0 Å². The molecule has 0 aromatic heterocycles. The Labute approximate surface area is 84.3 Å². The average Bonchev–Trinajstić information content (AvgIpc) is 2.02.